The van der Waals surface area contributed by atoms with Crippen LogP contribution in [0.5, 0.6) is 11.5 Å². The topological polar surface area (TPSA) is 79.7 Å². The Hall–Kier alpha value is -3.61. The molecule has 3 aromatic rings. The second-order valence-corrected chi connectivity index (χ2v) is 7.02. The zero-order valence-electron chi connectivity index (χ0n) is 16.9. The maximum absolute atomic E-state index is 12.4. The van der Waals surface area contributed by atoms with E-state index in [0.717, 1.165) is 22.6 Å². The summed E-state index contributed by atoms with van der Waals surface area (Å²) in [7, 11) is 0. The molecule has 0 spiro atoms. The highest BCUT2D eigenvalue weighted by Crippen LogP contribution is 2.30. The summed E-state index contributed by atoms with van der Waals surface area (Å²) in [5.74, 6) is 0.364. The predicted molar refractivity (Wildman–Crippen MR) is 109 cm³/mol. The highest BCUT2D eigenvalue weighted by molar-refractivity contribution is 5.98. The molecule has 0 atom stereocenters. The van der Waals surface area contributed by atoms with Gasteiger partial charge < -0.3 is 14.2 Å². The largest absolute Gasteiger partial charge is 0.486 e. The summed E-state index contributed by atoms with van der Waals surface area (Å²) in [6.45, 7) is 4.36. The van der Waals surface area contributed by atoms with E-state index in [1.807, 2.05) is 44.2 Å². The lowest BCUT2D eigenvalue weighted by Crippen LogP contribution is -2.18. The van der Waals surface area contributed by atoms with Crippen LogP contribution in [0.2, 0.25) is 0 Å². The summed E-state index contributed by atoms with van der Waals surface area (Å²) >= 11 is 0. The molecule has 154 valence electrons. The van der Waals surface area contributed by atoms with Crippen LogP contribution in [0.3, 0.4) is 0 Å². The maximum Gasteiger partial charge on any atom is 0.310 e. The quantitative estimate of drug-likeness (QED) is 0.462. The van der Waals surface area contributed by atoms with E-state index in [2.05, 4.69) is 5.10 Å². The molecular weight excluding hydrogens is 384 g/mol. The Morgan fingerprint density at radius 2 is 1.77 bits per heavy atom. The van der Waals surface area contributed by atoms with Gasteiger partial charge in [0.2, 0.25) is 0 Å². The molecule has 7 heteroatoms. The van der Waals surface area contributed by atoms with Gasteiger partial charge in [0, 0.05) is 16.8 Å². The first kappa shape index (κ1) is 19.7. The molecule has 0 fully saturated rings. The molecule has 2 heterocycles. The average Bonchev–Trinajstić information content (AvgIpc) is 3.06. The van der Waals surface area contributed by atoms with Crippen molar-refractivity contribution < 1.29 is 23.8 Å². The zero-order valence-corrected chi connectivity index (χ0v) is 16.9. The average molecular weight is 406 g/mol. The molecule has 0 bridgehead atoms. The third kappa shape index (κ3) is 4.05. The molecule has 4 rings (SSSR count). The van der Waals surface area contributed by atoms with Crippen LogP contribution < -0.4 is 9.47 Å². The van der Waals surface area contributed by atoms with Crippen LogP contribution in [0.25, 0.3) is 5.69 Å². The van der Waals surface area contributed by atoms with E-state index in [4.69, 9.17) is 14.2 Å². The van der Waals surface area contributed by atoms with Crippen LogP contribution in [-0.4, -0.2) is 41.4 Å². The SMILES string of the molecule is Cc1nn(-c2ccccc2)c(C)c1CC(=O)OCC(=O)c1ccc2c(c1)OCCO2. The van der Waals surface area contributed by atoms with Gasteiger partial charge in [0.25, 0.3) is 0 Å². The molecule has 0 aliphatic carbocycles. The number of esters is 1. The smallest absolute Gasteiger partial charge is 0.310 e. The summed E-state index contributed by atoms with van der Waals surface area (Å²) in [5.41, 5.74) is 3.76. The molecule has 0 N–H and O–H groups in total. The number of carbonyl (C=O) groups is 2. The molecule has 0 unspecified atom stereocenters. The second-order valence-electron chi connectivity index (χ2n) is 7.02. The number of nitrogens with zero attached hydrogens (tertiary/aromatic N) is 2. The van der Waals surface area contributed by atoms with Crippen molar-refractivity contribution in [3.63, 3.8) is 0 Å². The Balaban J connectivity index is 1.40. The Morgan fingerprint density at radius 3 is 2.53 bits per heavy atom. The van der Waals surface area contributed by atoms with Gasteiger partial charge in [-0.15, -0.1) is 0 Å². The van der Waals surface area contributed by atoms with Crippen LogP contribution in [0.4, 0.5) is 0 Å². The lowest BCUT2D eigenvalue weighted by atomic mass is 10.1. The summed E-state index contributed by atoms with van der Waals surface area (Å²) in [6.07, 6.45) is 0.0545. The number of ketones is 1. The van der Waals surface area contributed by atoms with E-state index in [-0.39, 0.29) is 18.8 Å². The van der Waals surface area contributed by atoms with Gasteiger partial charge in [0.15, 0.2) is 23.9 Å². The number of fused-ring (bicyclic) bond motifs is 1. The van der Waals surface area contributed by atoms with E-state index in [0.29, 0.717) is 30.3 Å². The lowest BCUT2D eigenvalue weighted by molar-refractivity contribution is -0.141. The van der Waals surface area contributed by atoms with E-state index in [9.17, 15) is 9.59 Å². The highest BCUT2D eigenvalue weighted by atomic mass is 16.6. The predicted octanol–water partition coefficient (Wildman–Crippen LogP) is 3.23. The lowest BCUT2D eigenvalue weighted by Gasteiger charge is -2.18. The third-order valence-electron chi connectivity index (χ3n) is 4.99. The van der Waals surface area contributed by atoms with E-state index in [1.54, 1.807) is 22.9 Å². The van der Waals surface area contributed by atoms with Crippen molar-refractivity contribution in [1.82, 2.24) is 9.78 Å². The number of hydrogen-bond donors (Lipinski definition) is 0. The van der Waals surface area contributed by atoms with Crippen molar-refractivity contribution in [2.45, 2.75) is 20.3 Å². The van der Waals surface area contributed by atoms with Gasteiger partial charge in [0.05, 0.1) is 17.8 Å². The van der Waals surface area contributed by atoms with Crippen molar-refractivity contribution in [2.75, 3.05) is 19.8 Å². The van der Waals surface area contributed by atoms with Crippen LogP contribution >= 0.6 is 0 Å². The van der Waals surface area contributed by atoms with E-state index >= 15 is 0 Å². The number of hydrogen-bond acceptors (Lipinski definition) is 6. The number of aryl methyl sites for hydroxylation is 1. The second kappa shape index (κ2) is 8.41. The summed E-state index contributed by atoms with van der Waals surface area (Å²) in [4.78, 5) is 24.8. The molecule has 2 aromatic carbocycles. The molecule has 0 saturated heterocycles. The molecule has 1 aliphatic heterocycles. The molecule has 0 radical (unpaired) electrons. The van der Waals surface area contributed by atoms with Crippen LogP contribution in [-0.2, 0) is 16.0 Å². The minimum atomic E-state index is -0.472. The van der Waals surface area contributed by atoms with Crippen LogP contribution in [0.15, 0.2) is 48.5 Å². The molecular formula is C23H22N2O5. The normalized spacial score (nSPS) is 12.5. The molecule has 7 nitrogen and oxygen atoms in total. The Bertz CT molecular complexity index is 1090. The monoisotopic (exact) mass is 406 g/mol. The Labute approximate surface area is 174 Å². The van der Waals surface area contributed by atoms with Gasteiger partial charge in [-0.2, -0.15) is 5.10 Å². The van der Waals surface area contributed by atoms with Crippen molar-refractivity contribution in [3.8, 4) is 17.2 Å². The molecule has 0 saturated carbocycles. The molecule has 0 amide bonds. The van der Waals surface area contributed by atoms with Gasteiger partial charge in [-0.05, 0) is 44.2 Å². The first-order valence-electron chi connectivity index (χ1n) is 9.72. The summed E-state index contributed by atoms with van der Waals surface area (Å²) in [5, 5.41) is 4.53. The van der Waals surface area contributed by atoms with Gasteiger partial charge in [-0.1, -0.05) is 18.2 Å². The first-order chi connectivity index (χ1) is 14.5. The van der Waals surface area contributed by atoms with Crippen molar-refractivity contribution in [3.05, 3.63) is 71.0 Å². The summed E-state index contributed by atoms with van der Waals surface area (Å²) in [6, 6.07) is 14.7. The fourth-order valence-corrected chi connectivity index (χ4v) is 3.39. The molecule has 1 aromatic heterocycles. The Kier molecular flexibility index (Phi) is 5.52. The number of Topliss-reactive ketones (excluding diaryl/α,β-unsaturated/α-hetero) is 1. The zero-order chi connectivity index (χ0) is 21.1. The van der Waals surface area contributed by atoms with Crippen LogP contribution in [0.1, 0.15) is 27.3 Å². The molecule has 30 heavy (non-hydrogen) atoms. The van der Waals surface area contributed by atoms with E-state index in [1.165, 1.54) is 0 Å². The fraction of sp³-hybridized carbons (Fsp3) is 0.261. The van der Waals surface area contributed by atoms with E-state index < -0.39 is 5.97 Å². The summed E-state index contributed by atoms with van der Waals surface area (Å²) < 4.78 is 18.0. The number of para-hydroxylation sites is 1. The number of rotatable bonds is 6. The minimum Gasteiger partial charge on any atom is -0.486 e. The minimum absolute atomic E-state index is 0.0545. The first-order valence-corrected chi connectivity index (χ1v) is 9.72. The number of ether oxygens (including phenoxy) is 3. The molecule has 1 aliphatic rings. The fourth-order valence-electron chi connectivity index (χ4n) is 3.39. The number of carbonyl (C=O) groups excluding carboxylic acids is 2. The van der Waals surface area contributed by atoms with Crippen LogP contribution in [0, 0.1) is 13.8 Å². The maximum atomic E-state index is 12.4. The van der Waals surface area contributed by atoms with Gasteiger partial charge in [-0.3, -0.25) is 9.59 Å². The van der Waals surface area contributed by atoms with Crippen molar-refractivity contribution in [1.29, 1.82) is 0 Å². The number of benzene rings is 2. The highest BCUT2D eigenvalue weighted by Gasteiger charge is 2.19. The number of aromatic nitrogens is 2. The van der Waals surface area contributed by atoms with Crippen molar-refractivity contribution >= 4 is 11.8 Å². The standard InChI is InChI=1S/C23H22N2O5/c1-15-19(16(2)25(24-15)18-6-4-3-5-7-18)13-23(27)30-14-20(26)17-8-9-21-22(12-17)29-11-10-28-21/h3-9,12H,10-11,13-14H2,1-2H3. The van der Waals surface area contributed by atoms with Gasteiger partial charge in [-0.25, -0.2) is 4.68 Å². The van der Waals surface area contributed by atoms with Gasteiger partial charge >= 0.3 is 5.97 Å². The van der Waals surface area contributed by atoms with Crippen molar-refractivity contribution in [2.24, 2.45) is 0 Å². The van der Waals surface area contributed by atoms with Gasteiger partial charge in [0.1, 0.15) is 13.2 Å². The Morgan fingerprint density at radius 1 is 1.03 bits per heavy atom. The third-order valence-corrected chi connectivity index (χ3v) is 4.99.